The summed E-state index contributed by atoms with van der Waals surface area (Å²) in [6.07, 6.45) is 87.2. The molecule has 0 radical (unpaired) electrons. The van der Waals surface area contributed by atoms with Gasteiger partial charge in [0.15, 0.2) is 0 Å². The lowest BCUT2D eigenvalue weighted by Crippen LogP contribution is -2.49. The van der Waals surface area contributed by atoms with Gasteiger partial charge in [0.2, 0.25) is 0 Å². The monoisotopic (exact) mass is 1470 g/mol. The summed E-state index contributed by atoms with van der Waals surface area (Å²) < 4.78 is 0. The number of unbranched alkanes of at least 4 members (excludes halogenated alkanes) is 57. The Bertz CT molecular complexity index is 1540. The summed E-state index contributed by atoms with van der Waals surface area (Å²) in [5.74, 6) is 0. The van der Waals surface area contributed by atoms with E-state index in [1.165, 1.54) is 353 Å². The van der Waals surface area contributed by atoms with E-state index in [9.17, 15) is 25.5 Å². The molecule has 0 spiro atoms. The molecule has 5 atom stereocenters. The third-order valence-corrected chi connectivity index (χ3v) is 23.9. The van der Waals surface area contributed by atoms with Crippen LogP contribution in [-0.4, -0.2) is 179 Å². The largest absolute Gasteiger partial charge is 0.392 e. The second-order valence-corrected chi connectivity index (χ2v) is 34.6. The van der Waals surface area contributed by atoms with Crippen molar-refractivity contribution in [3.05, 3.63) is 0 Å². The van der Waals surface area contributed by atoms with Crippen LogP contribution in [0, 0.1) is 0 Å². The van der Waals surface area contributed by atoms with Gasteiger partial charge in [-0.1, -0.05) is 420 Å². The minimum atomic E-state index is -0.346. The molecular formula is C94H193N5O5. The number of hydrogen-bond acceptors (Lipinski definition) is 10. The fourth-order valence-corrected chi connectivity index (χ4v) is 16.7. The van der Waals surface area contributed by atoms with Crippen molar-refractivity contribution in [2.45, 2.75) is 508 Å². The Balaban J connectivity index is 2.88. The average Bonchev–Trinajstić information content (AvgIpc) is 1.25. The van der Waals surface area contributed by atoms with Gasteiger partial charge in [0, 0.05) is 72.0 Å². The molecule has 624 valence electrons. The highest BCUT2D eigenvalue weighted by Crippen LogP contribution is 2.21. The highest BCUT2D eigenvalue weighted by molar-refractivity contribution is 4.77. The minimum absolute atomic E-state index is 0.293. The van der Waals surface area contributed by atoms with Crippen LogP contribution >= 0.6 is 0 Å². The summed E-state index contributed by atoms with van der Waals surface area (Å²) >= 11 is 0. The molecule has 1 aliphatic rings. The molecule has 0 aromatic heterocycles. The molecule has 1 saturated heterocycles. The van der Waals surface area contributed by atoms with E-state index in [1.54, 1.807) is 0 Å². The van der Waals surface area contributed by atoms with Crippen LogP contribution in [-0.2, 0) is 0 Å². The first-order valence-electron chi connectivity index (χ1n) is 48.2. The maximum Gasteiger partial charge on any atom is 0.0667 e. The van der Waals surface area contributed by atoms with Gasteiger partial charge in [-0.2, -0.15) is 0 Å². The summed E-state index contributed by atoms with van der Waals surface area (Å²) in [7, 11) is 0. The lowest BCUT2D eigenvalue weighted by molar-refractivity contribution is 0.0575. The molecule has 10 nitrogen and oxygen atoms in total. The molecule has 0 amide bonds. The predicted octanol–water partition coefficient (Wildman–Crippen LogP) is 25.3. The van der Waals surface area contributed by atoms with E-state index >= 15 is 0 Å². The van der Waals surface area contributed by atoms with Gasteiger partial charge >= 0.3 is 0 Å². The van der Waals surface area contributed by atoms with E-state index in [-0.39, 0.29) is 30.5 Å². The lowest BCUT2D eigenvalue weighted by Gasteiger charge is -2.36. The first-order valence-corrected chi connectivity index (χ1v) is 48.2. The Morgan fingerprint density at radius 2 is 0.346 bits per heavy atom. The normalized spacial score (nSPS) is 14.9. The highest BCUT2D eigenvalue weighted by atomic mass is 16.3. The molecule has 1 fully saturated rings. The number of nitrogens with zero attached hydrogens (tertiary/aromatic N) is 5. The van der Waals surface area contributed by atoms with Crippen molar-refractivity contribution >= 4 is 0 Å². The molecule has 0 bridgehead atoms. The smallest absolute Gasteiger partial charge is 0.0667 e. The van der Waals surface area contributed by atoms with Crippen molar-refractivity contribution in [2.75, 3.05) is 98.2 Å². The van der Waals surface area contributed by atoms with Gasteiger partial charge in [0.05, 0.1) is 30.5 Å². The average molecular weight is 1470 g/mol. The van der Waals surface area contributed by atoms with Crippen LogP contribution in [0.15, 0.2) is 0 Å². The molecule has 104 heavy (non-hydrogen) atoms. The third kappa shape index (κ3) is 73.1. The zero-order valence-electron chi connectivity index (χ0n) is 71.8. The minimum Gasteiger partial charge on any atom is -0.392 e. The molecule has 10 heteroatoms. The molecule has 1 aliphatic heterocycles. The van der Waals surface area contributed by atoms with E-state index in [4.69, 9.17) is 0 Å². The Morgan fingerprint density at radius 1 is 0.183 bits per heavy atom. The third-order valence-electron chi connectivity index (χ3n) is 23.9. The standard InChI is InChI=1S/C94H193N5O5/c1-6-11-16-21-26-31-36-41-46-51-56-61-70-90(100)85-97(76-67-69-78-99(88-93(103)73-64-59-54-49-44-39-34-29-24-19-14-9-4)89-94(104)74-65-60-55-50-45-40-35-30-25-20-15-10-5)84-83-96-81-79-95(80-82-96)75-66-68-77-98(86-91(101)71-62-57-52-47-42-37-32-27-22-17-12-7-2)87-92(102)72-63-58-53-48-43-38-33-28-23-18-13-8-3/h90-94,100-104H,6-89H2,1-5H3. The maximum absolute atomic E-state index is 11.6. The fourth-order valence-electron chi connectivity index (χ4n) is 16.7. The summed E-state index contributed by atoms with van der Waals surface area (Å²) in [6, 6.07) is 0. The van der Waals surface area contributed by atoms with Crippen LogP contribution in [0.5, 0.6) is 0 Å². The van der Waals surface area contributed by atoms with Gasteiger partial charge in [-0.25, -0.2) is 0 Å². The number of hydrogen-bond donors (Lipinski definition) is 5. The maximum atomic E-state index is 11.6. The summed E-state index contributed by atoms with van der Waals surface area (Å²) in [5.41, 5.74) is 0. The van der Waals surface area contributed by atoms with Crippen LogP contribution in [0.3, 0.4) is 0 Å². The van der Waals surface area contributed by atoms with Crippen molar-refractivity contribution in [3.63, 3.8) is 0 Å². The van der Waals surface area contributed by atoms with Gasteiger partial charge in [-0.15, -0.1) is 0 Å². The topological polar surface area (TPSA) is 117 Å². The predicted molar refractivity (Wildman–Crippen MR) is 459 cm³/mol. The molecule has 5 N–H and O–H groups in total. The first-order chi connectivity index (χ1) is 51.1. The summed E-state index contributed by atoms with van der Waals surface area (Å²) in [5, 5.41) is 57.4. The fraction of sp³-hybridized carbons (Fsp3) is 1.00. The second kappa shape index (κ2) is 82.1. The SMILES string of the molecule is CCCCCCCCCCCCCCC(O)CN(CCCCN(CC(O)CCCCCCCCCCCCCC)CC(O)CCCCCCCCCCCCCC)CCN1CCN(CCCCN(CC(O)CCCCCCCCCCCCCC)CC(O)CCCCCCCCCCCCCC)CC1. The zero-order chi connectivity index (χ0) is 75.2. The number of piperazine rings is 1. The van der Waals surface area contributed by atoms with Crippen molar-refractivity contribution in [1.29, 1.82) is 0 Å². The molecule has 5 unspecified atom stereocenters. The number of aliphatic hydroxyl groups excluding tert-OH is 5. The molecule has 1 heterocycles. The molecule has 0 saturated carbocycles. The zero-order valence-corrected chi connectivity index (χ0v) is 71.8. The summed E-state index contributed by atoms with van der Waals surface area (Å²) in [6.45, 7) is 25.3. The Labute approximate surface area is 652 Å². The Hall–Kier alpha value is -0.400. The van der Waals surface area contributed by atoms with Crippen molar-refractivity contribution in [2.24, 2.45) is 0 Å². The van der Waals surface area contributed by atoms with Crippen LogP contribution < -0.4 is 0 Å². The van der Waals surface area contributed by atoms with Gasteiger partial charge in [-0.05, 0) is 84.0 Å². The molecule has 0 aromatic carbocycles. The van der Waals surface area contributed by atoms with E-state index in [0.717, 1.165) is 162 Å². The molecule has 0 aliphatic carbocycles. The van der Waals surface area contributed by atoms with E-state index in [0.29, 0.717) is 26.2 Å². The van der Waals surface area contributed by atoms with Crippen molar-refractivity contribution in [3.8, 4) is 0 Å². The highest BCUT2D eigenvalue weighted by Gasteiger charge is 2.22. The Morgan fingerprint density at radius 3 is 0.558 bits per heavy atom. The van der Waals surface area contributed by atoms with Crippen LogP contribution in [0.1, 0.15) is 478 Å². The van der Waals surface area contributed by atoms with Gasteiger partial charge in [0.25, 0.3) is 0 Å². The van der Waals surface area contributed by atoms with E-state index in [2.05, 4.69) is 59.1 Å². The summed E-state index contributed by atoms with van der Waals surface area (Å²) in [4.78, 5) is 12.8. The van der Waals surface area contributed by atoms with Crippen LogP contribution in [0.25, 0.3) is 0 Å². The number of rotatable bonds is 88. The van der Waals surface area contributed by atoms with Crippen molar-refractivity contribution < 1.29 is 25.5 Å². The quantitative estimate of drug-likeness (QED) is 0.0377. The van der Waals surface area contributed by atoms with Gasteiger partial charge < -0.3 is 30.4 Å². The first kappa shape index (κ1) is 102. The second-order valence-electron chi connectivity index (χ2n) is 34.6. The van der Waals surface area contributed by atoms with Gasteiger partial charge in [0.1, 0.15) is 0 Å². The Kier molecular flexibility index (Phi) is 80.2. The number of aliphatic hydroxyl groups is 5. The van der Waals surface area contributed by atoms with E-state index in [1.807, 2.05) is 0 Å². The van der Waals surface area contributed by atoms with E-state index < -0.39 is 0 Å². The lowest BCUT2D eigenvalue weighted by atomic mass is 10.0. The molecular weight excluding hydrogens is 1280 g/mol. The van der Waals surface area contributed by atoms with Crippen molar-refractivity contribution in [1.82, 2.24) is 24.5 Å². The van der Waals surface area contributed by atoms with Crippen LogP contribution in [0.4, 0.5) is 0 Å². The van der Waals surface area contributed by atoms with Gasteiger partial charge in [-0.3, -0.25) is 19.6 Å². The molecule has 0 aromatic rings. The molecule has 1 rings (SSSR count). The van der Waals surface area contributed by atoms with Crippen LogP contribution in [0.2, 0.25) is 0 Å².